The van der Waals surface area contributed by atoms with E-state index in [1.54, 1.807) is 54.4 Å². The van der Waals surface area contributed by atoms with Crippen molar-refractivity contribution in [1.29, 1.82) is 0 Å². The Morgan fingerprint density at radius 3 is 2.29 bits per heavy atom. The third-order valence-corrected chi connectivity index (χ3v) is 6.40. The van der Waals surface area contributed by atoms with Gasteiger partial charge in [0, 0.05) is 62.7 Å². The first-order chi connectivity index (χ1) is 16.9. The van der Waals surface area contributed by atoms with Crippen LogP contribution in [-0.4, -0.2) is 79.0 Å². The van der Waals surface area contributed by atoms with Gasteiger partial charge in [-0.3, -0.25) is 9.59 Å². The van der Waals surface area contributed by atoms with E-state index in [9.17, 15) is 18.8 Å². The normalized spacial score (nSPS) is 16.9. The zero-order valence-corrected chi connectivity index (χ0v) is 19.8. The summed E-state index contributed by atoms with van der Waals surface area (Å²) in [4.78, 5) is 43.0. The van der Waals surface area contributed by atoms with E-state index in [0.29, 0.717) is 61.8 Å². The lowest BCUT2D eigenvalue weighted by atomic mass is 10.0. The summed E-state index contributed by atoms with van der Waals surface area (Å²) < 4.78 is 23.9. The van der Waals surface area contributed by atoms with Crippen LogP contribution >= 0.6 is 0 Å². The summed E-state index contributed by atoms with van der Waals surface area (Å²) in [5.74, 6) is -0.357. The number of anilines is 1. The second-order valence-corrected chi connectivity index (χ2v) is 8.60. The number of amides is 4. The van der Waals surface area contributed by atoms with Crippen molar-refractivity contribution in [2.45, 2.75) is 25.4 Å². The molecule has 2 heterocycles. The predicted octanol–water partition coefficient (Wildman–Crippen LogP) is 2.71. The predicted molar refractivity (Wildman–Crippen MR) is 127 cm³/mol. The van der Waals surface area contributed by atoms with Gasteiger partial charge in [-0.25, -0.2) is 9.18 Å². The molecule has 0 spiro atoms. The SMILES string of the molecule is COc1cc(NC(=O)N2CCC(N3CCN(Cc4cccc(F)c4)C(=O)C3=O)CC2)cc(OC)c1. The molecule has 186 valence electrons. The average Bonchev–Trinajstić information content (AvgIpc) is 2.87. The molecule has 0 unspecified atom stereocenters. The third-order valence-electron chi connectivity index (χ3n) is 6.40. The number of likely N-dealkylation sites (tertiary alicyclic amines) is 1. The molecule has 0 atom stereocenters. The van der Waals surface area contributed by atoms with Gasteiger partial charge in [0.25, 0.3) is 0 Å². The van der Waals surface area contributed by atoms with Gasteiger partial charge < -0.3 is 29.5 Å². The zero-order valence-electron chi connectivity index (χ0n) is 19.8. The molecule has 2 saturated heterocycles. The minimum Gasteiger partial charge on any atom is -0.497 e. The molecule has 10 heteroatoms. The van der Waals surface area contributed by atoms with Crippen LogP contribution in [0.15, 0.2) is 42.5 Å². The van der Waals surface area contributed by atoms with Gasteiger partial charge in [-0.2, -0.15) is 0 Å². The van der Waals surface area contributed by atoms with Gasteiger partial charge in [0.2, 0.25) is 0 Å². The summed E-state index contributed by atoms with van der Waals surface area (Å²) >= 11 is 0. The fourth-order valence-corrected chi connectivity index (χ4v) is 4.51. The highest BCUT2D eigenvalue weighted by molar-refractivity contribution is 6.35. The molecule has 0 aliphatic carbocycles. The molecule has 2 aliphatic rings. The van der Waals surface area contributed by atoms with Crippen LogP contribution in [-0.2, 0) is 16.1 Å². The molecule has 2 aromatic carbocycles. The van der Waals surface area contributed by atoms with Crippen LogP contribution in [0.3, 0.4) is 0 Å². The smallest absolute Gasteiger partial charge is 0.321 e. The number of ether oxygens (including phenoxy) is 2. The summed E-state index contributed by atoms with van der Waals surface area (Å²) in [6.45, 7) is 1.93. The van der Waals surface area contributed by atoms with Crippen molar-refractivity contribution >= 4 is 23.5 Å². The van der Waals surface area contributed by atoms with Crippen molar-refractivity contribution in [2.75, 3.05) is 45.7 Å². The van der Waals surface area contributed by atoms with Crippen LogP contribution in [0.4, 0.5) is 14.9 Å². The van der Waals surface area contributed by atoms with E-state index in [4.69, 9.17) is 9.47 Å². The molecule has 2 fully saturated rings. The molecule has 0 saturated carbocycles. The molecule has 4 rings (SSSR count). The molecular weight excluding hydrogens is 455 g/mol. The Balaban J connectivity index is 1.30. The zero-order chi connectivity index (χ0) is 24.9. The fourth-order valence-electron chi connectivity index (χ4n) is 4.51. The lowest BCUT2D eigenvalue weighted by Crippen LogP contribution is -2.59. The van der Waals surface area contributed by atoms with E-state index in [-0.39, 0.29) is 24.4 Å². The van der Waals surface area contributed by atoms with E-state index in [2.05, 4.69) is 5.32 Å². The molecule has 4 amide bonds. The van der Waals surface area contributed by atoms with Gasteiger partial charge in [-0.15, -0.1) is 0 Å². The standard InChI is InChI=1S/C25H29FN4O5/c1-34-21-13-19(14-22(15-21)35-2)27-25(33)28-8-6-20(7-9-28)30-11-10-29(23(31)24(30)32)16-17-4-3-5-18(26)12-17/h3-5,12-15,20H,6-11,16H2,1-2H3,(H,27,33). The lowest BCUT2D eigenvalue weighted by molar-refractivity contribution is -0.158. The number of carbonyl (C=O) groups excluding carboxylic acids is 3. The molecule has 9 nitrogen and oxygen atoms in total. The molecular formula is C25H29FN4O5. The van der Waals surface area contributed by atoms with Crippen molar-refractivity contribution < 1.29 is 28.2 Å². The molecule has 2 aliphatic heterocycles. The van der Waals surface area contributed by atoms with Crippen molar-refractivity contribution in [2.24, 2.45) is 0 Å². The first-order valence-electron chi connectivity index (χ1n) is 11.5. The van der Waals surface area contributed by atoms with Crippen LogP contribution in [0, 0.1) is 5.82 Å². The molecule has 1 N–H and O–H groups in total. The Kier molecular flexibility index (Phi) is 7.38. The summed E-state index contributed by atoms with van der Waals surface area (Å²) in [5, 5.41) is 2.86. The van der Waals surface area contributed by atoms with Crippen molar-refractivity contribution in [1.82, 2.24) is 14.7 Å². The highest BCUT2D eigenvalue weighted by Gasteiger charge is 2.38. The second-order valence-electron chi connectivity index (χ2n) is 8.60. The molecule has 2 aromatic rings. The monoisotopic (exact) mass is 484 g/mol. The summed E-state index contributed by atoms with van der Waals surface area (Å²) in [5.41, 5.74) is 1.20. The number of rotatable bonds is 6. The highest BCUT2D eigenvalue weighted by Crippen LogP contribution is 2.27. The van der Waals surface area contributed by atoms with Crippen LogP contribution in [0.25, 0.3) is 0 Å². The summed E-state index contributed by atoms with van der Waals surface area (Å²) in [6, 6.07) is 10.8. The number of nitrogens with one attached hydrogen (secondary N) is 1. The Labute approximate surface area is 203 Å². The Morgan fingerprint density at radius 1 is 0.971 bits per heavy atom. The molecule has 0 radical (unpaired) electrons. The summed E-state index contributed by atoms with van der Waals surface area (Å²) in [7, 11) is 3.08. The number of halogens is 1. The van der Waals surface area contributed by atoms with E-state index in [1.807, 2.05) is 0 Å². The second kappa shape index (κ2) is 10.6. The number of hydrogen-bond donors (Lipinski definition) is 1. The van der Waals surface area contributed by atoms with Gasteiger partial charge in [-0.1, -0.05) is 12.1 Å². The maximum atomic E-state index is 13.5. The van der Waals surface area contributed by atoms with Crippen molar-refractivity contribution in [3.63, 3.8) is 0 Å². The van der Waals surface area contributed by atoms with Gasteiger partial charge >= 0.3 is 17.8 Å². The number of carbonyl (C=O) groups is 3. The van der Waals surface area contributed by atoms with E-state index in [1.165, 1.54) is 17.0 Å². The Morgan fingerprint density at radius 2 is 1.66 bits per heavy atom. The third kappa shape index (κ3) is 5.64. The molecule has 0 aromatic heterocycles. The van der Waals surface area contributed by atoms with E-state index >= 15 is 0 Å². The Hall–Kier alpha value is -3.82. The van der Waals surface area contributed by atoms with Crippen molar-refractivity contribution in [3.05, 3.63) is 53.8 Å². The van der Waals surface area contributed by atoms with Crippen LogP contribution in [0.5, 0.6) is 11.5 Å². The number of nitrogens with zero attached hydrogens (tertiary/aromatic N) is 3. The molecule has 0 bridgehead atoms. The van der Waals surface area contributed by atoms with E-state index in [0.717, 1.165) is 0 Å². The number of piperazine rings is 1. The maximum Gasteiger partial charge on any atom is 0.321 e. The van der Waals surface area contributed by atoms with Crippen LogP contribution in [0.2, 0.25) is 0 Å². The van der Waals surface area contributed by atoms with Crippen molar-refractivity contribution in [3.8, 4) is 11.5 Å². The number of methoxy groups -OCH3 is 2. The minimum absolute atomic E-state index is 0.108. The number of urea groups is 1. The molecule has 35 heavy (non-hydrogen) atoms. The first-order valence-corrected chi connectivity index (χ1v) is 11.5. The van der Waals surface area contributed by atoms with Crippen LogP contribution < -0.4 is 14.8 Å². The van der Waals surface area contributed by atoms with Crippen LogP contribution in [0.1, 0.15) is 18.4 Å². The quantitative estimate of drug-likeness (QED) is 0.637. The number of benzene rings is 2. The fraction of sp³-hybridized carbons (Fsp3) is 0.400. The number of hydrogen-bond acceptors (Lipinski definition) is 5. The topological polar surface area (TPSA) is 91.4 Å². The summed E-state index contributed by atoms with van der Waals surface area (Å²) in [6.07, 6.45) is 1.16. The lowest BCUT2D eigenvalue weighted by Gasteiger charge is -2.42. The minimum atomic E-state index is -0.576. The van der Waals surface area contributed by atoms with Gasteiger partial charge in [0.1, 0.15) is 17.3 Å². The Bertz CT molecular complexity index is 1080. The van der Waals surface area contributed by atoms with Gasteiger partial charge in [-0.05, 0) is 30.5 Å². The highest BCUT2D eigenvalue weighted by atomic mass is 19.1. The maximum absolute atomic E-state index is 13.5. The number of piperidine rings is 1. The largest absolute Gasteiger partial charge is 0.497 e. The van der Waals surface area contributed by atoms with Gasteiger partial charge in [0.05, 0.1) is 14.2 Å². The van der Waals surface area contributed by atoms with Gasteiger partial charge in [0.15, 0.2) is 0 Å². The average molecular weight is 485 g/mol. The van der Waals surface area contributed by atoms with E-state index < -0.39 is 11.8 Å². The first kappa shape index (κ1) is 24.3.